The van der Waals surface area contributed by atoms with Gasteiger partial charge in [0.05, 0.1) is 12.5 Å². The number of hydrogen-bond donors (Lipinski definition) is 0. The van der Waals surface area contributed by atoms with Crippen molar-refractivity contribution < 1.29 is 18.8 Å². The summed E-state index contributed by atoms with van der Waals surface area (Å²) in [6.45, 7) is 7.03. The van der Waals surface area contributed by atoms with Crippen LogP contribution in [-0.2, 0) is 22.4 Å². The van der Waals surface area contributed by atoms with Crippen molar-refractivity contribution in [3.63, 3.8) is 0 Å². The molecule has 0 saturated carbocycles. The molecule has 0 aliphatic carbocycles. The second-order valence-corrected chi connectivity index (χ2v) is 7.72. The number of ether oxygens (including phenoxy) is 2. The Morgan fingerprint density at radius 3 is 2.97 bits per heavy atom. The standard InChI is InChI=1S/C20H29N5O4/c1-2-25-9-4-17(22-25)20(26)24-8-3-16(13-24)19-21-18(23-29-19)7-12-28-14-15-5-10-27-11-6-15/h4,9,15-16H,2-3,5-8,10-14H2,1H3/t16-/m0/s1. The van der Waals surface area contributed by atoms with Crippen LogP contribution in [0.5, 0.6) is 0 Å². The lowest BCUT2D eigenvalue weighted by molar-refractivity contribution is 0.0211. The highest BCUT2D eigenvalue weighted by atomic mass is 16.5. The van der Waals surface area contributed by atoms with Gasteiger partial charge in [-0.3, -0.25) is 9.48 Å². The van der Waals surface area contributed by atoms with E-state index >= 15 is 0 Å². The number of carbonyl (C=O) groups is 1. The summed E-state index contributed by atoms with van der Waals surface area (Å²) in [7, 11) is 0. The SMILES string of the molecule is CCn1ccc(C(=O)N2CC[C@H](c3nc(CCOCC4CCOCC4)no3)C2)n1. The first kappa shape index (κ1) is 20.0. The third-order valence-corrected chi connectivity index (χ3v) is 5.66. The fourth-order valence-electron chi connectivity index (χ4n) is 3.82. The summed E-state index contributed by atoms with van der Waals surface area (Å²) in [5.74, 6) is 1.91. The predicted octanol–water partition coefficient (Wildman–Crippen LogP) is 1.90. The van der Waals surface area contributed by atoms with E-state index in [9.17, 15) is 4.79 Å². The molecule has 0 radical (unpaired) electrons. The molecule has 2 aliphatic rings. The van der Waals surface area contributed by atoms with Gasteiger partial charge < -0.3 is 18.9 Å². The van der Waals surface area contributed by atoms with Crippen molar-refractivity contribution in [1.29, 1.82) is 0 Å². The number of aryl methyl sites for hydroxylation is 1. The lowest BCUT2D eigenvalue weighted by atomic mass is 10.0. The molecule has 0 N–H and O–H groups in total. The molecule has 9 heteroatoms. The minimum absolute atomic E-state index is 0.0408. The summed E-state index contributed by atoms with van der Waals surface area (Å²) in [4.78, 5) is 19.0. The van der Waals surface area contributed by atoms with Crippen LogP contribution in [0.3, 0.4) is 0 Å². The van der Waals surface area contributed by atoms with Gasteiger partial charge >= 0.3 is 0 Å². The molecule has 1 amide bonds. The third kappa shape index (κ3) is 5.02. The van der Waals surface area contributed by atoms with Crippen molar-refractivity contribution in [3.8, 4) is 0 Å². The van der Waals surface area contributed by atoms with Crippen LogP contribution in [0.25, 0.3) is 0 Å². The van der Waals surface area contributed by atoms with Gasteiger partial charge in [0, 0.05) is 52.1 Å². The highest BCUT2D eigenvalue weighted by Crippen LogP contribution is 2.27. The van der Waals surface area contributed by atoms with E-state index < -0.39 is 0 Å². The second-order valence-electron chi connectivity index (χ2n) is 7.72. The maximum atomic E-state index is 12.6. The summed E-state index contributed by atoms with van der Waals surface area (Å²) < 4.78 is 18.4. The minimum atomic E-state index is -0.0408. The fourth-order valence-corrected chi connectivity index (χ4v) is 3.82. The Labute approximate surface area is 170 Å². The Morgan fingerprint density at radius 1 is 1.31 bits per heavy atom. The fraction of sp³-hybridized carbons (Fsp3) is 0.700. The van der Waals surface area contributed by atoms with Gasteiger partial charge in [0.2, 0.25) is 5.89 Å². The van der Waals surface area contributed by atoms with Crippen LogP contribution < -0.4 is 0 Å². The summed E-state index contributed by atoms with van der Waals surface area (Å²) in [6, 6.07) is 1.77. The van der Waals surface area contributed by atoms with Crippen LogP contribution in [0, 0.1) is 5.92 Å². The normalized spacial score (nSPS) is 20.4. The Hall–Kier alpha value is -2.26. The van der Waals surface area contributed by atoms with Gasteiger partial charge in [0.1, 0.15) is 5.69 Å². The molecule has 2 saturated heterocycles. The van der Waals surface area contributed by atoms with E-state index in [0.29, 0.717) is 49.4 Å². The molecular formula is C20H29N5O4. The summed E-state index contributed by atoms with van der Waals surface area (Å²) in [5.41, 5.74) is 0.486. The van der Waals surface area contributed by atoms with Crippen LogP contribution >= 0.6 is 0 Å². The van der Waals surface area contributed by atoms with Crippen molar-refractivity contribution in [3.05, 3.63) is 29.7 Å². The summed E-state index contributed by atoms with van der Waals surface area (Å²) >= 11 is 0. The number of amides is 1. The molecule has 4 rings (SSSR count). The number of carbonyl (C=O) groups excluding carboxylic acids is 1. The molecule has 9 nitrogen and oxygen atoms in total. The monoisotopic (exact) mass is 403 g/mol. The molecule has 0 aromatic carbocycles. The topological polar surface area (TPSA) is 95.5 Å². The average molecular weight is 403 g/mol. The first-order valence-corrected chi connectivity index (χ1v) is 10.5. The average Bonchev–Trinajstić information content (AvgIpc) is 3.51. The van der Waals surface area contributed by atoms with Gasteiger partial charge in [-0.05, 0) is 38.2 Å². The largest absolute Gasteiger partial charge is 0.381 e. The van der Waals surface area contributed by atoms with Crippen LogP contribution in [0.1, 0.15) is 54.3 Å². The zero-order valence-electron chi connectivity index (χ0n) is 17.0. The molecule has 0 spiro atoms. The Kier molecular flexibility index (Phi) is 6.56. The van der Waals surface area contributed by atoms with Gasteiger partial charge in [-0.2, -0.15) is 10.1 Å². The van der Waals surface area contributed by atoms with Crippen molar-refractivity contribution in [2.24, 2.45) is 5.92 Å². The van der Waals surface area contributed by atoms with Gasteiger partial charge in [-0.15, -0.1) is 0 Å². The van der Waals surface area contributed by atoms with Gasteiger partial charge in [0.25, 0.3) is 5.91 Å². The second kappa shape index (κ2) is 9.49. The van der Waals surface area contributed by atoms with E-state index in [1.54, 1.807) is 10.7 Å². The zero-order chi connectivity index (χ0) is 20.1. The lowest BCUT2D eigenvalue weighted by Crippen LogP contribution is -2.29. The van der Waals surface area contributed by atoms with E-state index in [-0.39, 0.29) is 11.8 Å². The lowest BCUT2D eigenvalue weighted by Gasteiger charge is -2.21. The van der Waals surface area contributed by atoms with Crippen molar-refractivity contribution >= 4 is 5.91 Å². The molecule has 2 aromatic rings. The van der Waals surface area contributed by atoms with Gasteiger partial charge in [0.15, 0.2) is 5.82 Å². The molecule has 0 bridgehead atoms. The number of likely N-dealkylation sites (tertiary alicyclic amines) is 1. The molecule has 1 atom stereocenters. The molecular weight excluding hydrogens is 374 g/mol. The van der Waals surface area contributed by atoms with Crippen molar-refractivity contribution in [1.82, 2.24) is 24.8 Å². The van der Waals surface area contributed by atoms with Crippen molar-refractivity contribution in [2.45, 2.75) is 45.1 Å². The number of rotatable bonds is 8. The zero-order valence-corrected chi connectivity index (χ0v) is 17.0. The van der Waals surface area contributed by atoms with Crippen molar-refractivity contribution in [2.75, 3.05) is 39.5 Å². The third-order valence-electron chi connectivity index (χ3n) is 5.66. The van der Waals surface area contributed by atoms with Gasteiger partial charge in [-0.1, -0.05) is 5.16 Å². The summed E-state index contributed by atoms with van der Waals surface area (Å²) in [5, 5.41) is 8.39. The molecule has 0 unspecified atom stereocenters. The van der Waals surface area contributed by atoms with Gasteiger partial charge in [-0.25, -0.2) is 0 Å². The molecule has 158 valence electrons. The quantitative estimate of drug-likeness (QED) is 0.621. The van der Waals surface area contributed by atoms with Crippen LogP contribution in [0.15, 0.2) is 16.8 Å². The van der Waals surface area contributed by atoms with Crippen LogP contribution in [0.2, 0.25) is 0 Å². The molecule has 2 fully saturated rings. The van der Waals surface area contributed by atoms with E-state index in [0.717, 1.165) is 45.6 Å². The maximum Gasteiger partial charge on any atom is 0.274 e. The Balaban J connectivity index is 1.22. The number of aromatic nitrogens is 4. The van der Waals surface area contributed by atoms with E-state index in [1.807, 2.05) is 18.0 Å². The molecule has 2 aromatic heterocycles. The minimum Gasteiger partial charge on any atom is -0.381 e. The maximum absolute atomic E-state index is 12.6. The predicted molar refractivity (Wildman–Crippen MR) is 104 cm³/mol. The number of nitrogens with zero attached hydrogens (tertiary/aromatic N) is 5. The molecule has 2 aliphatic heterocycles. The Bertz CT molecular complexity index is 798. The van der Waals surface area contributed by atoms with Crippen LogP contribution in [-0.4, -0.2) is 70.2 Å². The van der Waals surface area contributed by atoms with Crippen LogP contribution in [0.4, 0.5) is 0 Å². The van der Waals surface area contributed by atoms with E-state index in [2.05, 4.69) is 15.2 Å². The first-order valence-electron chi connectivity index (χ1n) is 10.5. The Morgan fingerprint density at radius 2 is 2.17 bits per heavy atom. The molecule has 4 heterocycles. The number of hydrogen-bond acceptors (Lipinski definition) is 7. The van der Waals surface area contributed by atoms with E-state index in [4.69, 9.17) is 14.0 Å². The highest BCUT2D eigenvalue weighted by Gasteiger charge is 2.32. The first-order chi connectivity index (χ1) is 14.2. The van der Waals surface area contributed by atoms with E-state index in [1.165, 1.54) is 0 Å². The summed E-state index contributed by atoms with van der Waals surface area (Å²) in [6.07, 6.45) is 5.43. The highest BCUT2D eigenvalue weighted by molar-refractivity contribution is 5.92. The smallest absolute Gasteiger partial charge is 0.274 e. The molecule has 29 heavy (non-hydrogen) atoms.